The first-order valence-electron chi connectivity index (χ1n) is 3.75. The van der Waals surface area contributed by atoms with Gasteiger partial charge in [-0.1, -0.05) is 6.07 Å². The highest BCUT2D eigenvalue weighted by molar-refractivity contribution is 7.96. The van der Waals surface area contributed by atoms with Crippen LogP contribution in [0.2, 0.25) is 0 Å². The molecule has 1 aromatic rings. The summed E-state index contributed by atoms with van der Waals surface area (Å²) in [7, 11) is -6.63. The Balaban J connectivity index is 2.80. The molecule has 14 heavy (non-hydrogen) atoms. The molecule has 0 aliphatic carbocycles. The molecule has 0 aromatic carbocycles. The summed E-state index contributed by atoms with van der Waals surface area (Å²) in [5, 5.41) is 1.65. The number of sulfone groups is 2. The Morgan fingerprint density at radius 1 is 1.21 bits per heavy atom. The van der Waals surface area contributed by atoms with Gasteiger partial charge in [-0.15, -0.1) is 11.3 Å². The smallest absolute Gasteiger partial charge is 0.188 e. The zero-order valence-electron chi connectivity index (χ0n) is 7.50. The molecule has 0 saturated heterocycles. The standard InChI is InChI=1S/C7H10O4S3/c1-13(8,9)5-6-14(10,11)7-3-2-4-12-7/h2-4H,5-6H2,1H3. The summed E-state index contributed by atoms with van der Waals surface area (Å²) >= 11 is 1.10. The molecular formula is C7H10O4S3. The van der Waals surface area contributed by atoms with Crippen LogP contribution in [-0.2, 0) is 19.7 Å². The lowest BCUT2D eigenvalue weighted by atomic mass is 10.7. The molecule has 7 heteroatoms. The molecule has 0 spiro atoms. The van der Waals surface area contributed by atoms with E-state index in [1.165, 1.54) is 6.07 Å². The van der Waals surface area contributed by atoms with Gasteiger partial charge < -0.3 is 0 Å². The molecule has 4 nitrogen and oxygen atoms in total. The summed E-state index contributed by atoms with van der Waals surface area (Å²) in [5.41, 5.74) is 0. The van der Waals surface area contributed by atoms with Gasteiger partial charge in [0.15, 0.2) is 9.84 Å². The van der Waals surface area contributed by atoms with E-state index in [4.69, 9.17) is 0 Å². The minimum absolute atomic E-state index is 0.223. The third-order valence-electron chi connectivity index (χ3n) is 1.52. The van der Waals surface area contributed by atoms with Crippen molar-refractivity contribution < 1.29 is 16.8 Å². The van der Waals surface area contributed by atoms with Crippen LogP contribution in [0.1, 0.15) is 0 Å². The molecule has 1 heterocycles. The summed E-state index contributed by atoms with van der Waals surface area (Å²) in [6.07, 6.45) is 1.02. The number of thiophene rings is 1. The van der Waals surface area contributed by atoms with E-state index in [1.54, 1.807) is 11.4 Å². The molecule has 0 saturated carbocycles. The first-order valence-corrected chi connectivity index (χ1v) is 8.34. The molecule has 0 aliphatic rings. The van der Waals surface area contributed by atoms with Gasteiger partial charge in [-0.25, -0.2) is 16.8 Å². The van der Waals surface area contributed by atoms with Crippen LogP contribution in [0, 0.1) is 0 Å². The highest BCUT2D eigenvalue weighted by Crippen LogP contribution is 2.17. The Kier molecular flexibility index (Phi) is 3.33. The second-order valence-corrected chi connectivity index (χ2v) is 8.42. The summed E-state index contributed by atoms with van der Waals surface area (Å²) in [6.45, 7) is 0. The SMILES string of the molecule is CS(=O)(=O)CCS(=O)(=O)c1cccs1. The third-order valence-corrected chi connectivity index (χ3v) is 5.93. The summed E-state index contributed by atoms with van der Waals surface area (Å²) < 4.78 is 44.8. The first kappa shape index (κ1) is 11.7. The van der Waals surface area contributed by atoms with Gasteiger partial charge >= 0.3 is 0 Å². The Bertz CT molecular complexity index is 481. The predicted octanol–water partition coefficient (Wildman–Crippen LogP) is 0.566. The molecule has 0 atom stereocenters. The minimum Gasteiger partial charge on any atom is -0.229 e. The topological polar surface area (TPSA) is 68.3 Å². The average molecular weight is 254 g/mol. The van der Waals surface area contributed by atoms with E-state index in [2.05, 4.69) is 0 Å². The molecule has 0 aliphatic heterocycles. The predicted molar refractivity (Wildman–Crippen MR) is 56.1 cm³/mol. The van der Waals surface area contributed by atoms with E-state index in [-0.39, 0.29) is 15.7 Å². The lowest BCUT2D eigenvalue weighted by Gasteiger charge is -1.99. The number of hydrogen-bond acceptors (Lipinski definition) is 5. The average Bonchev–Trinajstić information content (AvgIpc) is 2.52. The van der Waals surface area contributed by atoms with E-state index in [0.717, 1.165) is 17.6 Å². The van der Waals surface area contributed by atoms with Crippen molar-refractivity contribution in [2.45, 2.75) is 4.21 Å². The van der Waals surface area contributed by atoms with Gasteiger partial charge in [-0.2, -0.15) is 0 Å². The van der Waals surface area contributed by atoms with E-state index in [0.29, 0.717) is 0 Å². The van der Waals surface area contributed by atoms with Crippen LogP contribution in [0.3, 0.4) is 0 Å². The van der Waals surface area contributed by atoms with Crippen molar-refractivity contribution in [3.8, 4) is 0 Å². The van der Waals surface area contributed by atoms with E-state index < -0.39 is 19.7 Å². The summed E-state index contributed by atoms with van der Waals surface area (Å²) in [6, 6.07) is 3.10. The fourth-order valence-corrected chi connectivity index (χ4v) is 4.83. The molecule has 1 rings (SSSR count). The molecule has 0 amide bonds. The highest BCUT2D eigenvalue weighted by atomic mass is 32.2. The lowest BCUT2D eigenvalue weighted by Crippen LogP contribution is -2.15. The van der Waals surface area contributed by atoms with Crippen LogP contribution >= 0.6 is 11.3 Å². The van der Waals surface area contributed by atoms with Crippen LogP contribution in [0.4, 0.5) is 0 Å². The van der Waals surface area contributed by atoms with Crippen LogP contribution in [0.15, 0.2) is 21.7 Å². The van der Waals surface area contributed by atoms with Crippen LogP contribution < -0.4 is 0 Å². The molecule has 0 fully saturated rings. The van der Waals surface area contributed by atoms with Crippen molar-refractivity contribution in [3.05, 3.63) is 17.5 Å². The van der Waals surface area contributed by atoms with E-state index in [9.17, 15) is 16.8 Å². The Morgan fingerprint density at radius 3 is 2.29 bits per heavy atom. The van der Waals surface area contributed by atoms with Gasteiger partial charge in [-0.3, -0.25) is 0 Å². The van der Waals surface area contributed by atoms with Crippen molar-refractivity contribution in [2.75, 3.05) is 17.8 Å². The van der Waals surface area contributed by atoms with Crippen LogP contribution in [0.5, 0.6) is 0 Å². The zero-order chi connectivity index (χ0) is 10.8. The maximum atomic E-state index is 11.5. The highest BCUT2D eigenvalue weighted by Gasteiger charge is 2.17. The third kappa shape index (κ3) is 3.39. The fourth-order valence-electron chi connectivity index (χ4n) is 0.802. The van der Waals surface area contributed by atoms with Crippen molar-refractivity contribution in [1.82, 2.24) is 0 Å². The maximum absolute atomic E-state index is 11.5. The zero-order valence-corrected chi connectivity index (χ0v) is 9.95. The van der Waals surface area contributed by atoms with E-state index in [1.807, 2.05) is 0 Å². The molecule has 0 bridgehead atoms. The largest absolute Gasteiger partial charge is 0.229 e. The Labute approximate surface area is 87.4 Å². The second kappa shape index (κ2) is 4.00. The Morgan fingerprint density at radius 2 is 1.86 bits per heavy atom. The Hall–Kier alpha value is -0.400. The van der Waals surface area contributed by atoms with Crippen LogP contribution in [-0.4, -0.2) is 34.6 Å². The number of hydrogen-bond donors (Lipinski definition) is 0. The fraction of sp³-hybridized carbons (Fsp3) is 0.429. The molecule has 1 aromatic heterocycles. The molecule has 0 N–H and O–H groups in total. The van der Waals surface area contributed by atoms with Gasteiger partial charge in [0.25, 0.3) is 0 Å². The van der Waals surface area contributed by atoms with Crippen molar-refractivity contribution >= 4 is 31.0 Å². The second-order valence-electron chi connectivity index (χ2n) is 2.88. The maximum Gasteiger partial charge on any atom is 0.188 e. The number of rotatable bonds is 4. The van der Waals surface area contributed by atoms with Gasteiger partial charge in [0, 0.05) is 6.26 Å². The van der Waals surface area contributed by atoms with Gasteiger partial charge in [0.1, 0.15) is 14.0 Å². The first-order chi connectivity index (χ1) is 6.31. The van der Waals surface area contributed by atoms with Crippen molar-refractivity contribution in [1.29, 1.82) is 0 Å². The quantitative estimate of drug-likeness (QED) is 0.787. The molecular weight excluding hydrogens is 244 g/mol. The lowest BCUT2D eigenvalue weighted by molar-refractivity contribution is 0.591. The van der Waals surface area contributed by atoms with Gasteiger partial charge in [0.05, 0.1) is 11.5 Å². The summed E-state index contributed by atoms with van der Waals surface area (Å²) in [5.74, 6) is -0.667. The molecule has 0 unspecified atom stereocenters. The summed E-state index contributed by atoms with van der Waals surface area (Å²) in [4.78, 5) is 0. The van der Waals surface area contributed by atoms with Crippen LogP contribution in [0.25, 0.3) is 0 Å². The minimum atomic E-state index is -3.41. The van der Waals surface area contributed by atoms with Gasteiger partial charge in [-0.05, 0) is 11.4 Å². The monoisotopic (exact) mass is 254 g/mol. The van der Waals surface area contributed by atoms with Gasteiger partial charge in [0.2, 0.25) is 0 Å². The normalized spacial score (nSPS) is 12.9. The van der Waals surface area contributed by atoms with Crippen molar-refractivity contribution in [2.24, 2.45) is 0 Å². The van der Waals surface area contributed by atoms with Crippen molar-refractivity contribution in [3.63, 3.8) is 0 Å². The van der Waals surface area contributed by atoms with E-state index >= 15 is 0 Å². The molecule has 0 radical (unpaired) electrons. The molecule has 80 valence electrons.